The van der Waals surface area contributed by atoms with Gasteiger partial charge in [0.2, 0.25) is 11.2 Å². The van der Waals surface area contributed by atoms with Crippen LogP contribution < -0.4 is 20.2 Å². The fourth-order valence-electron chi connectivity index (χ4n) is 4.17. The van der Waals surface area contributed by atoms with Gasteiger partial charge in [-0.3, -0.25) is 4.79 Å². The molecule has 3 aromatic carbocycles. The van der Waals surface area contributed by atoms with Gasteiger partial charge in [0.15, 0.2) is 0 Å². The van der Waals surface area contributed by atoms with Crippen LogP contribution in [0.1, 0.15) is 41.9 Å². The van der Waals surface area contributed by atoms with E-state index in [-0.39, 0.29) is 41.4 Å². The first-order valence-electron chi connectivity index (χ1n) is 13.6. The molecule has 0 saturated heterocycles. The molecule has 1 atom stereocenters. The smallest absolute Gasteiger partial charge is 0.453 e. The molecule has 10 nitrogen and oxygen atoms in total. The number of hydrogen-bond acceptors (Lipinski definition) is 9. The van der Waals surface area contributed by atoms with E-state index in [1.165, 1.54) is 37.4 Å². The second-order valence-corrected chi connectivity index (χ2v) is 10.2. The fraction of sp³-hybridized carbons (Fsp3) is 0.250. The van der Waals surface area contributed by atoms with Gasteiger partial charge in [0.1, 0.15) is 29.7 Å². The molecule has 45 heavy (non-hydrogen) atoms. The van der Waals surface area contributed by atoms with Gasteiger partial charge in [-0.25, -0.2) is 14.4 Å². The Balaban J connectivity index is 1.56. The molecule has 0 aliphatic carbocycles. The quantitative estimate of drug-likeness (QED) is 0.152. The van der Waals surface area contributed by atoms with E-state index in [1.54, 1.807) is 24.3 Å². The Bertz CT molecular complexity index is 1730. The van der Waals surface area contributed by atoms with Crippen LogP contribution >= 0.6 is 0 Å². The minimum Gasteiger partial charge on any atom is -0.465 e. The van der Waals surface area contributed by atoms with Crippen LogP contribution in [-0.2, 0) is 27.1 Å². The number of esters is 2. The third-order valence-corrected chi connectivity index (χ3v) is 6.29. The van der Waals surface area contributed by atoms with Crippen molar-refractivity contribution in [3.63, 3.8) is 0 Å². The molecular formula is C32H28F3NO9. The van der Waals surface area contributed by atoms with Crippen LogP contribution in [0.5, 0.6) is 17.2 Å². The molecule has 236 valence electrons. The number of fused-ring (bicyclic) bond motifs is 1. The van der Waals surface area contributed by atoms with Crippen LogP contribution in [0, 0.1) is 5.92 Å². The third-order valence-electron chi connectivity index (χ3n) is 6.29. The summed E-state index contributed by atoms with van der Waals surface area (Å²) in [6.07, 6.45) is -5.84. The number of hydrogen-bond donors (Lipinski definition) is 1. The van der Waals surface area contributed by atoms with Gasteiger partial charge in [-0.2, -0.15) is 13.2 Å². The number of benzene rings is 3. The van der Waals surface area contributed by atoms with Crippen LogP contribution in [0.15, 0.2) is 82.0 Å². The standard InChI is InChI=1S/C32H28F3NO9/c1-18(2)15-24(36-31(40)42-17-19-7-5-4-6-8-19)30(39)44-22-13-14-23-25(16-22)45-28(32(33,34)35)27(26(23)37)43-21-11-9-20(10-12-21)29(38)41-3/h4-14,16,18,24H,15,17H2,1-3H3,(H,36,40)/t24-/m1/s1. The summed E-state index contributed by atoms with van der Waals surface area (Å²) < 4.78 is 67.5. The van der Waals surface area contributed by atoms with Gasteiger partial charge in [0.25, 0.3) is 5.76 Å². The first-order valence-corrected chi connectivity index (χ1v) is 13.6. The van der Waals surface area contributed by atoms with Crippen LogP contribution in [0.4, 0.5) is 18.0 Å². The normalized spacial score (nSPS) is 12.0. The van der Waals surface area contributed by atoms with Crippen molar-refractivity contribution in [2.75, 3.05) is 7.11 Å². The minimum atomic E-state index is -5.15. The molecule has 1 heterocycles. The van der Waals surface area contributed by atoms with Gasteiger partial charge < -0.3 is 28.7 Å². The van der Waals surface area contributed by atoms with Crippen molar-refractivity contribution >= 4 is 29.0 Å². The molecule has 1 N–H and O–H groups in total. The lowest BCUT2D eigenvalue weighted by Gasteiger charge is -2.19. The van der Waals surface area contributed by atoms with Gasteiger partial charge in [-0.15, -0.1) is 0 Å². The second kappa shape index (κ2) is 14.0. The number of carbonyl (C=O) groups is 3. The molecule has 0 aliphatic heterocycles. The maximum atomic E-state index is 14.0. The first kappa shape index (κ1) is 32.6. The van der Waals surface area contributed by atoms with E-state index in [1.807, 2.05) is 19.9 Å². The predicted molar refractivity (Wildman–Crippen MR) is 154 cm³/mol. The van der Waals surface area contributed by atoms with E-state index in [0.29, 0.717) is 0 Å². The number of rotatable bonds is 10. The molecule has 0 bridgehead atoms. The van der Waals surface area contributed by atoms with Crippen molar-refractivity contribution in [1.29, 1.82) is 0 Å². The Kier molecular flexibility index (Phi) is 10.1. The summed E-state index contributed by atoms with van der Waals surface area (Å²) >= 11 is 0. The SMILES string of the molecule is COC(=O)c1ccc(Oc2c(C(F)(F)F)oc3cc(OC(=O)[C@@H](CC(C)C)NC(=O)OCc4ccccc4)ccc3c2=O)cc1. The van der Waals surface area contributed by atoms with Gasteiger partial charge in [-0.1, -0.05) is 44.2 Å². The van der Waals surface area contributed by atoms with Crippen LogP contribution in [0.25, 0.3) is 11.0 Å². The fourth-order valence-corrected chi connectivity index (χ4v) is 4.17. The number of alkyl carbamates (subject to hydrolysis) is 1. The van der Waals surface area contributed by atoms with Crippen molar-refractivity contribution < 1.29 is 50.9 Å². The Labute approximate surface area is 254 Å². The summed E-state index contributed by atoms with van der Waals surface area (Å²) in [6, 6.07) is 15.9. The van der Waals surface area contributed by atoms with Crippen molar-refractivity contribution in [2.45, 2.75) is 39.1 Å². The highest BCUT2D eigenvalue weighted by atomic mass is 19.4. The van der Waals surface area contributed by atoms with E-state index in [4.69, 9.17) is 18.6 Å². The van der Waals surface area contributed by atoms with Crippen molar-refractivity contribution in [3.8, 4) is 17.2 Å². The van der Waals surface area contributed by atoms with Crippen LogP contribution in [0.3, 0.4) is 0 Å². The topological polar surface area (TPSA) is 130 Å². The summed E-state index contributed by atoms with van der Waals surface area (Å²) in [5, 5.41) is 2.17. The third kappa shape index (κ3) is 8.40. The molecule has 0 aliphatic rings. The zero-order valence-corrected chi connectivity index (χ0v) is 24.3. The monoisotopic (exact) mass is 627 g/mol. The van der Waals surface area contributed by atoms with Crippen molar-refractivity contribution in [2.24, 2.45) is 5.92 Å². The molecule has 0 radical (unpaired) electrons. The number of halogens is 3. The van der Waals surface area contributed by atoms with E-state index >= 15 is 0 Å². The number of carbonyl (C=O) groups excluding carboxylic acids is 3. The lowest BCUT2D eigenvalue weighted by atomic mass is 10.0. The van der Waals surface area contributed by atoms with Crippen molar-refractivity contribution in [1.82, 2.24) is 5.32 Å². The Morgan fingerprint density at radius 1 is 0.933 bits per heavy atom. The second-order valence-electron chi connectivity index (χ2n) is 10.2. The molecule has 0 fully saturated rings. The summed E-state index contributed by atoms with van der Waals surface area (Å²) in [7, 11) is 1.17. The summed E-state index contributed by atoms with van der Waals surface area (Å²) in [6.45, 7) is 3.59. The predicted octanol–water partition coefficient (Wildman–Crippen LogP) is 6.64. The molecular weight excluding hydrogens is 599 g/mol. The number of nitrogens with one attached hydrogen (secondary N) is 1. The number of amides is 1. The van der Waals surface area contributed by atoms with Gasteiger partial charge >= 0.3 is 24.2 Å². The Morgan fingerprint density at radius 3 is 2.22 bits per heavy atom. The zero-order chi connectivity index (χ0) is 32.7. The van der Waals surface area contributed by atoms with E-state index < -0.39 is 52.8 Å². The van der Waals surface area contributed by atoms with Gasteiger partial charge in [0, 0.05) is 6.07 Å². The van der Waals surface area contributed by atoms with Crippen LogP contribution in [-0.4, -0.2) is 31.2 Å². The maximum Gasteiger partial charge on any atom is 0.453 e. The Hall–Kier alpha value is -5.33. The molecule has 0 unspecified atom stereocenters. The molecule has 4 aromatic rings. The highest BCUT2D eigenvalue weighted by molar-refractivity contribution is 5.89. The van der Waals surface area contributed by atoms with Crippen molar-refractivity contribution in [3.05, 3.63) is 99.9 Å². The van der Waals surface area contributed by atoms with Gasteiger partial charge in [-0.05, 0) is 54.3 Å². The molecule has 0 saturated carbocycles. The summed E-state index contributed by atoms with van der Waals surface area (Å²) in [5.41, 5.74) is -0.819. The minimum absolute atomic E-state index is 0.0358. The Morgan fingerprint density at radius 2 is 1.60 bits per heavy atom. The average molecular weight is 628 g/mol. The molecule has 0 spiro atoms. The number of ether oxygens (including phenoxy) is 4. The lowest BCUT2D eigenvalue weighted by Crippen LogP contribution is -2.44. The maximum absolute atomic E-state index is 14.0. The number of methoxy groups -OCH3 is 1. The molecule has 1 amide bonds. The highest BCUT2D eigenvalue weighted by Gasteiger charge is 2.40. The number of alkyl halides is 3. The van der Waals surface area contributed by atoms with Gasteiger partial charge in [0.05, 0.1) is 18.1 Å². The molecule has 4 rings (SSSR count). The average Bonchev–Trinajstić information content (AvgIpc) is 3.00. The lowest BCUT2D eigenvalue weighted by molar-refractivity contribution is -0.154. The largest absolute Gasteiger partial charge is 0.465 e. The van der Waals surface area contributed by atoms with E-state index in [2.05, 4.69) is 10.1 Å². The van der Waals surface area contributed by atoms with Crippen LogP contribution in [0.2, 0.25) is 0 Å². The highest BCUT2D eigenvalue weighted by Crippen LogP contribution is 2.38. The first-order chi connectivity index (χ1) is 21.3. The van der Waals surface area contributed by atoms with E-state index in [0.717, 1.165) is 17.7 Å². The summed E-state index contributed by atoms with van der Waals surface area (Å²) in [4.78, 5) is 50.2. The zero-order valence-electron chi connectivity index (χ0n) is 24.3. The summed E-state index contributed by atoms with van der Waals surface area (Å²) in [5.74, 6) is -4.89. The molecule has 13 heteroatoms. The molecule has 1 aromatic heterocycles. The van der Waals surface area contributed by atoms with E-state index in [9.17, 15) is 32.3 Å².